The highest BCUT2D eigenvalue weighted by Crippen LogP contribution is 2.27. The molecule has 1 heterocycles. The molecule has 0 bridgehead atoms. The Morgan fingerprint density at radius 1 is 1.21 bits per heavy atom. The Balaban J connectivity index is 1.82. The van der Waals surface area contributed by atoms with Gasteiger partial charge in [-0.1, -0.05) is 6.07 Å². The molecule has 0 aromatic heterocycles. The lowest BCUT2D eigenvalue weighted by Gasteiger charge is -2.17. The molecule has 6 nitrogen and oxygen atoms in total. The molecule has 0 saturated carbocycles. The predicted molar refractivity (Wildman–Crippen MR) is 108 cm³/mol. The van der Waals surface area contributed by atoms with Gasteiger partial charge in [0.2, 0.25) is 0 Å². The first-order valence-corrected chi connectivity index (χ1v) is 9.86. The molecule has 1 fully saturated rings. The predicted octanol–water partition coefficient (Wildman–Crippen LogP) is 2.69. The molecular weight excluding hydrogens is 385 g/mol. The second-order valence-corrected chi connectivity index (χ2v) is 7.09. The summed E-state index contributed by atoms with van der Waals surface area (Å²) in [7, 11) is 3.21. The van der Waals surface area contributed by atoms with Crippen molar-refractivity contribution < 1.29 is 22.6 Å². The molecule has 0 spiro atoms. The number of nitrogens with zero attached hydrogens (tertiary/aromatic N) is 2. The van der Waals surface area contributed by atoms with Gasteiger partial charge in [-0.05, 0) is 49.9 Å². The average molecular weight is 416 g/mol. The van der Waals surface area contributed by atoms with E-state index >= 15 is 0 Å². The Labute approximate surface area is 170 Å². The summed E-state index contributed by atoms with van der Waals surface area (Å²) in [6.07, 6.45) is -2.63. The molecule has 1 aromatic carbocycles. The van der Waals surface area contributed by atoms with Crippen LogP contribution in [-0.4, -0.2) is 70.5 Å². The summed E-state index contributed by atoms with van der Waals surface area (Å²) in [5.41, 5.74) is 1.10. The van der Waals surface area contributed by atoms with Crippen molar-refractivity contribution in [2.45, 2.75) is 25.9 Å². The summed E-state index contributed by atoms with van der Waals surface area (Å²) < 4.78 is 48.1. The first-order valence-electron chi connectivity index (χ1n) is 9.86. The van der Waals surface area contributed by atoms with Gasteiger partial charge in [0, 0.05) is 26.2 Å². The summed E-state index contributed by atoms with van der Waals surface area (Å²) in [5, 5.41) is 6.47. The highest BCUT2D eigenvalue weighted by molar-refractivity contribution is 5.79. The smallest absolute Gasteiger partial charge is 0.401 e. The van der Waals surface area contributed by atoms with Crippen LogP contribution in [0, 0.1) is 5.92 Å². The van der Waals surface area contributed by atoms with Crippen molar-refractivity contribution in [1.29, 1.82) is 0 Å². The lowest BCUT2D eigenvalue weighted by molar-refractivity contribution is -0.143. The molecule has 9 heteroatoms. The SMILES string of the molecule is CCNC(=NCC1CCN(CC(F)(F)F)C1)NCCc1ccc(OC)c(OC)c1. The van der Waals surface area contributed by atoms with E-state index in [2.05, 4.69) is 15.6 Å². The van der Waals surface area contributed by atoms with E-state index in [0.29, 0.717) is 50.2 Å². The quantitative estimate of drug-likeness (QED) is 0.479. The van der Waals surface area contributed by atoms with Crippen LogP contribution in [0.1, 0.15) is 18.9 Å². The van der Waals surface area contributed by atoms with Crippen LogP contribution in [0.15, 0.2) is 23.2 Å². The van der Waals surface area contributed by atoms with Crippen molar-refractivity contribution in [3.63, 3.8) is 0 Å². The van der Waals surface area contributed by atoms with Crippen molar-refractivity contribution in [3.05, 3.63) is 23.8 Å². The third-order valence-electron chi connectivity index (χ3n) is 4.78. The number of halogens is 3. The largest absolute Gasteiger partial charge is 0.493 e. The van der Waals surface area contributed by atoms with Crippen molar-refractivity contribution in [2.75, 3.05) is 53.5 Å². The molecule has 1 aliphatic rings. The van der Waals surface area contributed by atoms with Gasteiger partial charge in [-0.25, -0.2) is 0 Å². The van der Waals surface area contributed by atoms with Crippen LogP contribution >= 0.6 is 0 Å². The summed E-state index contributed by atoms with van der Waals surface area (Å²) in [6, 6.07) is 5.81. The Kier molecular flexibility index (Phi) is 8.88. The molecule has 2 N–H and O–H groups in total. The number of nitrogens with one attached hydrogen (secondary N) is 2. The fourth-order valence-corrected chi connectivity index (χ4v) is 3.38. The van der Waals surface area contributed by atoms with E-state index < -0.39 is 12.7 Å². The van der Waals surface area contributed by atoms with Gasteiger partial charge in [-0.2, -0.15) is 13.2 Å². The van der Waals surface area contributed by atoms with E-state index in [9.17, 15) is 13.2 Å². The molecule has 0 amide bonds. The molecule has 0 aliphatic carbocycles. The van der Waals surface area contributed by atoms with Crippen LogP contribution in [0.3, 0.4) is 0 Å². The fourth-order valence-electron chi connectivity index (χ4n) is 3.38. The molecule has 1 saturated heterocycles. The number of aliphatic imine (C=N–C) groups is 1. The van der Waals surface area contributed by atoms with E-state index in [1.807, 2.05) is 25.1 Å². The number of methoxy groups -OCH3 is 2. The second-order valence-electron chi connectivity index (χ2n) is 7.09. The number of guanidine groups is 1. The number of alkyl halides is 3. The zero-order chi connectivity index (χ0) is 21.3. The van der Waals surface area contributed by atoms with Crippen molar-refractivity contribution in [1.82, 2.24) is 15.5 Å². The van der Waals surface area contributed by atoms with Gasteiger partial charge in [0.05, 0.1) is 20.8 Å². The maximum atomic E-state index is 12.5. The molecule has 0 radical (unpaired) electrons. The average Bonchev–Trinajstić information content (AvgIpc) is 3.11. The normalized spacial score (nSPS) is 18.0. The lowest BCUT2D eigenvalue weighted by Crippen LogP contribution is -2.38. The number of likely N-dealkylation sites (tertiary alicyclic amines) is 1. The first-order chi connectivity index (χ1) is 13.8. The Morgan fingerprint density at radius 2 is 1.97 bits per heavy atom. The number of rotatable bonds is 9. The van der Waals surface area contributed by atoms with Gasteiger partial charge >= 0.3 is 6.18 Å². The van der Waals surface area contributed by atoms with Crippen LogP contribution in [0.5, 0.6) is 11.5 Å². The van der Waals surface area contributed by atoms with Crippen LogP contribution in [0.4, 0.5) is 13.2 Å². The van der Waals surface area contributed by atoms with Crippen LogP contribution in [0.2, 0.25) is 0 Å². The second kappa shape index (κ2) is 11.1. The molecule has 1 unspecified atom stereocenters. The first kappa shape index (κ1) is 23.1. The van der Waals surface area contributed by atoms with E-state index in [1.165, 1.54) is 4.90 Å². The number of ether oxygens (including phenoxy) is 2. The molecule has 1 atom stereocenters. The van der Waals surface area contributed by atoms with Gasteiger partial charge in [-0.3, -0.25) is 9.89 Å². The zero-order valence-corrected chi connectivity index (χ0v) is 17.3. The molecule has 164 valence electrons. The van der Waals surface area contributed by atoms with E-state index in [-0.39, 0.29) is 5.92 Å². The maximum Gasteiger partial charge on any atom is 0.401 e. The Hall–Kier alpha value is -2.16. The van der Waals surface area contributed by atoms with E-state index in [1.54, 1.807) is 14.2 Å². The molecule has 1 aliphatic heterocycles. The number of hydrogen-bond acceptors (Lipinski definition) is 4. The summed E-state index contributed by atoms with van der Waals surface area (Å²) in [5.74, 6) is 2.21. The van der Waals surface area contributed by atoms with E-state index in [4.69, 9.17) is 9.47 Å². The van der Waals surface area contributed by atoms with Crippen LogP contribution < -0.4 is 20.1 Å². The van der Waals surface area contributed by atoms with Gasteiger partial charge in [0.1, 0.15) is 0 Å². The lowest BCUT2D eigenvalue weighted by atomic mass is 10.1. The van der Waals surface area contributed by atoms with E-state index in [0.717, 1.165) is 18.4 Å². The minimum absolute atomic E-state index is 0.152. The molecule has 1 aromatic rings. The van der Waals surface area contributed by atoms with Crippen molar-refractivity contribution in [2.24, 2.45) is 10.9 Å². The van der Waals surface area contributed by atoms with Crippen molar-refractivity contribution >= 4 is 5.96 Å². The molecular formula is C20H31F3N4O2. The number of hydrogen-bond donors (Lipinski definition) is 2. The van der Waals surface area contributed by atoms with Gasteiger partial charge in [0.25, 0.3) is 0 Å². The third-order valence-corrected chi connectivity index (χ3v) is 4.78. The van der Waals surface area contributed by atoms with Crippen LogP contribution in [-0.2, 0) is 6.42 Å². The summed E-state index contributed by atoms with van der Waals surface area (Å²) >= 11 is 0. The van der Waals surface area contributed by atoms with Gasteiger partial charge in [-0.15, -0.1) is 0 Å². The fraction of sp³-hybridized carbons (Fsp3) is 0.650. The molecule has 2 rings (SSSR count). The minimum Gasteiger partial charge on any atom is -0.493 e. The third kappa shape index (κ3) is 8.00. The molecule has 29 heavy (non-hydrogen) atoms. The summed E-state index contributed by atoms with van der Waals surface area (Å²) in [4.78, 5) is 6.02. The zero-order valence-electron chi connectivity index (χ0n) is 17.3. The Morgan fingerprint density at radius 3 is 2.62 bits per heavy atom. The minimum atomic E-state index is -4.14. The monoisotopic (exact) mass is 416 g/mol. The summed E-state index contributed by atoms with van der Waals surface area (Å²) in [6.45, 7) is 3.96. The van der Waals surface area contributed by atoms with Gasteiger partial charge in [0.15, 0.2) is 17.5 Å². The highest BCUT2D eigenvalue weighted by atomic mass is 19.4. The number of benzene rings is 1. The Bertz CT molecular complexity index is 668. The highest BCUT2D eigenvalue weighted by Gasteiger charge is 2.34. The topological polar surface area (TPSA) is 58.1 Å². The van der Waals surface area contributed by atoms with Crippen molar-refractivity contribution in [3.8, 4) is 11.5 Å². The van der Waals surface area contributed by atoms with Crippen LogP contribution in [0.25, 0.3) is 0 Å². The maximum absolute atomic E-state index is 12.5. The van der Waals surface area contributed by atoms with Gasteiger partial charge < -0.3 is 20.1 Å². The standard InChI is InChI=1S/C20H31F3N4O2/c1-4-24-19(26-12-16-8-10-27(13-16)14-20(21,22)23)25-9-7-15-5-6-17(28-2)18(11-15)29-3/h5-6,11,16H,4,7-10,12-14H2,1-3H3,(H2,24,25,26).